The first-order valence-corrected chi connectivity index (χ1v) is 14.2. The van der Waals surface area contributed by atoms with Gasteiger partial charge in [-0.05, 0) is 68.5 Å². The van der Waals surface area contributed by atoms with Gasteiger partial charge in [-0.2, -0.15) is 0 Å². The van der Waals surface area contributed by atoms with Crippen molar-refractivity contribution >= 4 is 16.9 Å². The largest absolute Gasteiger partial charge is 0.493 e. The molecular formula is C32H39NO8. The summed E-state index contributed by atoms with van der Waals surface area (Å²) in [4.78, 5) is 28.2. The van der Waals surface area contributed by atoms with Crippen molar-refractivity contribution in [2.24, 2.45) is 5.92 Å². The number of rotatable bonds is 8. The number of methoxy groups -OCH3 is 3. The van der Waals surface area contributed by atoms with Gasteiger partial charge in [0.1, 0.15) is 17.9 Å². The molecule has 0 bridgehead atoms. The number of carbonyl (C=O) groups is 1. The molecule has 0 unspecified atom stereocenters. The van der Waals surface area contributed by atoms with Crippen LogP contribution in [0, 0.1) is 19.8 Å². The first-order chi connectivity index (χ1) is 19.7. The molecule has 2 heterocycles. The molecule has 3 aromatic rings. The molecule has 1 N–H and O–H groups in total. The van der Waals surface area contributed by atoms with Crippen LogP contribution in [0.4, 0.5) is 0 Å². The van der Waals surface area contributed by atoms with Crippen LogP contribution in [0.1, 0.15) is 54.4 Å². The van der Waals surface area contributed by atoms with E-state index in [1.165, 1.54) is 0 Å². The molecule has 2 aromatic carbocycles. The van der Waals surface area contributed by atoms with Gasteiger partial charge in [-0.1, -0.05) is 12.8 Å². The van der Waals surface area contributed by atoms with Crippen LogP contribution >= 0.6 is 0 Å². The third-order valence-corrected chi connectivity index (χ3v) is 8.88. The topological polar surface area (TPSA) is 108 Å². The van der Waals surface area contributed by atoms with Gasteiger partial charge in [0.15, 0.2) is 11.5 Å². The van der Waals surface area contributed by atoms with Gasteiger partial charge in [0.05, 0.1) is 38.9 Å². The number of hydrogen-bond donors (Lipinski definition) is 1. The van der Waals surface area contributed by atoms with Crippen molar-refractivity contribution in [1.82, 2.24) is 4.90 Å². The maximum Gasteiger partial charge on any atom is 0.340 e. The Morgan fingerprint density at radius 2 is 1.76 bits per heavy atom. The van der Waals surface area contributed by atoms with Gasteiger partial charge < -0.3 is 33.4 Å². The number of aryl methyl sites for hydroxylation is 2. The normalized spacial score (nSPS) is 20.4. The zero-order valence-electron chi connectivity index (χ0n) is 24.5. The average Bonchev–Trinajstić information content (AvgIpc) is 2.97. The summed E-state index contributed by atoms with van der Waals surface area (Å²) in [6.45, 7) is 4.98. The summed E-state index contributed by atoms with van der Waals surface area (Å²) < 4.78 is 28.2. The predicted molar refractivity (Wildman–Crippen MR) is 154 cm³/mol. The number of amides is 1. The van der Waals surface area contributed by atoms with Gasteiger partial charge in [0, 0.05) is 30.0 Å². The number of aliphatic hydroxyl groups is 1. The van der Waals surface area contributed by atoms with E-state index in [1.807, 2.05) is 38.1 Å². The highest BCUT2D eigenvalue weighted by Crippen LogP contribution is 2.41. The quantitative estimate of drug-likeness (QED) is 0.392. The highest BCUT2D eigenvalue weighted by molar-refractivity contribution is 5.87. The van der Waals surface area contributed by atoms with E-state index in [9.17, 15) is 14.7 Å². The second kappa shape index (κ2) is 11.6. The number of benzene rings is 2. The van der Waals surface area contributed by atoms with Crippen molar-refractivity contribution in [2.45, 2.75) is 64.6 Å². The minimum Gasteiger partial charge on any atom is -0.493 e. The van der Waals surface area contributed by atoms with Gasteiger partial charge in [0.2, 0.25) is 11.7 Å². The molecule has 5 rings (SSSR count). The van der Waals surface area contributed by atoms with Crippen LogP contribution < -0.4 is 24.6 Å². The summed E-state index contributed by atoms with van der Waals surface area (Å²) in [5.74, 6) is 2.14. The van der Waals surface area contributed by atoms with Gasteiger partial charge in [0.25, 0.3) is 0 Å². The summed E-state index contributed by atoms with van der Waals surface area (Å²) >= 11 is 0. The molecule has 1 saturated carbocycles. The van der Waals surface area contributed by atoms with Gasteiger partial charge in [-0.15, -0.1) is 0 Å². The molecular weight excluding hydrogens is 526 g/mol. The highest BCUT2D eigenvalue weighted by atomic mass is 16.5. The van der Waals surface area contributed by atoms with Crippen molar-refractivity contribution in [2.75, 3.05) is 34.4 Å². The summed E-state index contributed by atoms with van der Waals surface area (Å²) in [6, 6.07) is 7.36. The van der Waals surface area contributed by atoms with Gasteiger partial charge in [-0.25, -0.2) is 4.79 Å². The number of carbonyl (C=O) groups excluding carboxylic acids is 1. The molecule has 2 aliphatic rings. The molecule has 1 amide bonds. The van der Waals surface area contributed by atoms with Gasteiger partial charge >= 0.3 is 5.63 Å². The van der Waals surface area contributed by atoms with E-state index in [2.05, 4.69) is 0 Å². The Bertz CT molecular complexity index is 1490. The van der Waals surface area contributed by atoms with Crippen LogP contribution in [0.3, 0.4) is 0 Å². The van der Waals surface area contributed by atoms with Crippen molar-refractivity contribution in [3.8, 4) is 23.0 Å². The number of piperidine rings is 1. The summed E-state index contributed by atoms with van der Waals surface area (Å²) in [6.07, 6.45) is 4.42. The standard InChI is InChI=1S/C32H39NO8/c1-19-23-9-10-25(40-18-21-14-26(37-3)30(39-5)27(15-21)38-4)20(2)29(23)41-31(35)24(19)16-28(34)33-13-12-32(36)11-7-6-8-22(32)17-33/h9-10,14-15,22,36H,6-8,11-13,16-18H2,1-5H3/t22-,32-/m0/s1. The number of fused-ring (bicyclic) bond motifs is 2. The van der Waals surface area contributed by atoms with Gasteiger partial charge in [-0.3, -0.25) is 4.79 Å². The minimum absolute atomic E-state index is 0.0201. The lowest BCUT2D eigenvalue weighted by atomic mass is 9.71. The number of likely N-dealkylation sites (tertiary alicyclic amines) is 1. The van der Waals surface area contributed by atoms with Crippen molar-refractivity contribution in [1.29, 1.82) is 0 Å². The molecule has 2 atom stereocenters. The highest BCUT2D eigenvalue weighted by Gasteiger charge is 2.43. The fourth-order valence-corrected chi connectivity index (χ4v) is 6.37. The SMILES string of the molecule is COc1cc(COc2ccc3c(C)c(CC(=O)N4CC[C@@]5(O)CCCC[C@H]5C4)c(=O)oc3c2C)cc(OC)c1OC. The Kier molecular flexibility index (Phi) is 8.18. The fraction of sp³-hybridized carbons (Fsp3) is 0.500. The summed E-state index contributed by atoms with van der Waals surface area (Å²) in [5.41, 5.74) is 1.88. The van der Waals surface area contributed by atoms with E-state index in [1.54, 1.807) is 26.2 Å². The van der Waals surface area contributed by atoms with E-state index in [0.29, 0.717) is 59.2 Å². The van der Waals surface area contributed by atoms with E-state index < -0.39 is 11.2 Å². The Labute approximate surface area is 239 Å². The van der Waals surface area contributed by atoms with Crippen LogP contribution in [0.25, 0.3) is 11.0 Å². The number of hydrogen-bond acceptors (Lipinski definition) is 8. The van der Waals surface area contributed by atoms with Crippen LogP contribution in [0.2, 0.25) is 0 Å². The molecule has 1 aromatic heterocycles. The van der Waals surface area contributed by atoms with E-state index in [4.69, 9.17) is 23.4 Å². The number of nitrogens with zero attached hydrogens (tertiary/aromatic N) is 1. The average molecular weight is 566 g/mol. The third kappa shape index (κ3) is 5.47. The maximum absolute atomic E-state index is 13.3. The van der Waals surface area contributed by atoms with Crippen LogP contribution in [0.15, 0.2) is 33.5 Å². The van der Waals surface area contributed by atoms with Crippen molar-refractivity contribution in [3.63, 3.8) is 0 Å². The molecule has 220 valence electrons. The zero-order valence-corrected chi connectivity index (χ0v) is 24.5. The molecule has 0 spiro atoms. The van der Waals surface area contributed by atoms with Crippen molar-refractivity contribution in [3.05, 3.63) is 56.9 Å². The first kappa shape index (κ1) is 28.8. The molecule has 2 fully saturated rings. The second-order valence-corrected chi connectivity index (χ2v) is 11.2. The molecule has 0 radical (unpaired) electrons. The lowest BCUT2D eigenvalue weighted by Crippen LogP contribution is -2.55. The fourth-order valence-electron chi connectivity index (χ4n) is 6.37. The first-order valence-electron chi connectivity index (χ1n) is 14.2. The monoisotopic (exact) mass is 565 g/mol. The molecule has 41 heavy (non-hydrogen) atoms. The molecule has 9 heteroatoms. The minimum atomic E-state index is -0.657. The Balaban J connectivity index is 1.35. The summed E-state index contributed by atoms with van der Waals surface area (Å²) in [5, 5.41) is 11.7. The van der Waals surface area contributed by atoms with Crippen LogP contribution in [0.5, 0.6) is 23.0 Å². The lowest BCUT2D eigenvalue weighted by molar-refractivity contribution is -0.142. The molecule has 9 nitrogen and oxygen atoms in total. The van der Waals surface area contributed by atoms with E-state index in [-0.39, 0.29) is 24.9 Å². The predicted octanol–water partition coefficient (Wildman–Crippen LogP) is 4.71. The van der Waals surface area contributed by atoms with E-state index >= 15 is 0 Å². The number of ether oxygens (including phenoxy) is 4. The Morgan fingerprint density at radius 3 is 2.44 bits per heavy atom. The molecule has 1 aliphatic carbocycles. The van der Waals surface area contributed by atoms with E-state index in [0.717, 1.165) is 42.2 Å². The van der Waals surface area contributed by atoms with Crippen LogP contribution in [-0.4, -0.2) is 55.9 Å². The maximum atomic E-state index is 13.3. The molecule has 1 saturated heterocycles. The Morgan fingerprint density at radius 1 is 1.02 bits per heavy atom. The molecule has 1 aliphatic heterocycles. The van der Waals surface area contributed by atoms with Crippen LogP contribution in [-0.2, 0) is 17.8 Å². The lowest BCUT2D eigenvalue weighted by Gasteiger charge is -2.47. The van der Waals surface area contributed by atoms with Crippen molar-refractivity contribution < 1.29 is 33.3 Å². The zero-order chi connectivity index (χ0) is 29.3. The Hall–Kier alpha value is -3.72. The third-order valence-electron chi connectivity index (χ3n) is 8.88. The summed E-state index contributed by atoms with van der Waals surface area (Å²) in [7, 11) is 4.67. The second-order valence-electron chi connectivity index (χ2n) is 11.2. The smallest absolute Gasteiger partial charge is 0.340 e.